The molecule has 0 radical (unpaired) electrons. The molecule has 96 valence electrons. The van der Waals surface area contributed by atoms with Crippen LogP contribution in [0.3, 0.4) is 0 Å². The van der Waals surface area contributed by atoms with E-state index in [9.17, 15) is 4.39 Å². The van der Waals surface area contributed by atoms with Crippen molar-refractivity contribution in [1.82, 2.24) is 9.97 Å². The standard InChI is InChI=1S/C10H19FN2O2Si2/c1-16(2,3)14-9-8(11)7-12-10(13-9)15-17(4,5)6/h7H,1-6H3. The summed E-state index contributed by atoms with van der Waals surface area (Å²) in [6.07, 6.45) is 1.10. The highest BCUT2D eigenvalue weighted by atomic mass is 28.4. The van der Waals surface area contributed by atoms with Crippen LogP contribution in [-0.2, 0) is 0 Å². The number of aromatic nitrogens is 2. The van der Waals surface area contributed by atoms with Gasteiger partial charge >= 0.3 is 6.01 Å². The Morgan fingerprint density at radius 1 is 1.00 bits per heavy atom. The maximum atomic E-state index is 13.5. The average molecular weight is 274 g/mol. The van der Waals surface area contributed by atoms with Gasteiger partial charge in [0.2, 0.25) is 28.3 Å². The number of halogens is 1. The van der Waals surface area contributed by atoms with Gasteiger partial charge in [0.25, 0.3) is 0 Å². The van der Waals surface area contributed by atoms with Gasteiger partial charge in [-0.05, 0) is 39.3 Å². The van der Waals surface area contributed by atoms with Gasteiger partial charge in [-0.2, -0.15) is 9.37 Å². The van der Waals surface area contributed by atoms with E-state index in [0.29, 0.717) is 0 Å². The molecular formula is C10H19FN2O2Si2. The zero-order valence-corrected chi connectivity index (χ0v) is 13.2. The highest BCUT2D eigenvalue weighted by Crippen LogP contribution is 2.20. The smallest absolute Gasteiger partial charge is 0.305 e. The second kappa shape index (κ2) is 4.73. The predicted molar refractivity (Wildman–Crippen MR) is 69.9 cm³/mol. The maximum absolute atomic E-state index is 13.5. The highest BCUT2D eigenvalue weighted by molar-refractivity contribution is 6.70. The van der Waals surface area contributed by atoms with Crippen LogP contribution in [-0.4, -0.2) is 26.6 Å². The molecule has 1 aromatic heterocycles. The number of hydrogen-bond acceptors (Lipinski definition) is 4. The number of rotatable bonds is 4. The Kier molecular flexibility index (Phi) is 3.93. The molecule has 17 heavy (non-hydrogen) atoms. The molecule has 0 aromatic carbocycles. The fraction of sp³-hybridized carbons (Fsp3) is 0.600. The fourth-order valence-corrected chi connectivity index (χ4v) is 2.39. The minimum atomic E-state index is -1.89. The minimum absolute atomic E-state index is 0.00702. The van der Waals surface area contributed by atoms with Crippen LogP contribution in [0.2, 0.25) is 39.3 Å². The first kappa shape index (κ1) is 14.1. The van der Waals surface area contributed by atoms with Crippen molar-refractivity contribution >= 4 is 16.6 Å². The van der Waals surface area contributed by atoms with Gasteiger partial charge < -0.3 is 8.85 Å². The Morgan fingerprint density at radius 3 is 2.00 bits per heavy atom. The van der Waals surface area contributed by atoms with Crippen LogP contribution >= 0.6 is 0 Å². The SMILES string of the molecule is C[Si](C)(C)Oc1ncc(F)c(O[Si](C)(C)C)n1. The van der Waals surface area contributed by atoms with Crippen molar-refractivity contribution < 1.29 is 13.2 Å². The Morgan fingerprint density at radius 2 is 1.53 bits per heavy atom. The van der Waals surface area contributed by atoms with Gasteiger partial charge in [0.15, 0.2) is 0 Å². The summed E-state index contributed by atoms with van der Waals surface area (Å²) < 4.78 is 24.6. The molecule has 0 N–H and O–H groups in total. The molecule has 0 saturated carbocycles. The Labute approximate surface area is 103 Å². The van der Waals surface area contributed by atoms with Crippen molar-refractivity contribution in [1.29, 1.82) is 0 Å². The molecule has 0 fully saturated rings. The lowest BCUT2D eigenvalue weighted by Crippen LogP contribution is -2.32. The van der Waals surface area contributed by atoms with Crippen LogP contribution in [0.5, 0.6) is 11.9 Å². The van der Waals surface area contributed by atoms with Crippen molar-refractivity contribution in [2.75, 3.05) is 0 Å². The second-order valence-electron chi connectivity index (χ2n) is 5.73. The summed E-state index contributed by atoms with van der Waals surface area (Å²) in [5.41, 5.74) is 0. The summed E-state index contributed by atoms with van der Waals surface area (Å²) in [4.78, 5) is 7.80. The molecule has 0 saturated heterocycles. The molecule has 0 aliphatic rings. The van der Waals surface area contributed by atoms with Gasteiger partial charge in [0.05, 0.1) is 6.20 Å². The molecule has 1 aromatic rings. The lowest BCUT2D eigenvalue weighted by molar-refractivity contribution is 0.438. The third-order valence-corrected chi connectivity index (χ3v) is 3.09. The number of hydrogen-bond donors (Lipinski definition) is 0. The van der Waals surface area contributed by atoms with E-state index in [4.69, 9.17) is 8.85 Å². The third-order valence-electron chi connectivity index (χ3n) is 1.49. The topological polar surface area (TPSA) is 44.2 Å². The van der Waals surface area contributed by atoms with Crippen LogP contribution in [0.1, 0.15) is 0 Å². The number of nitrogens with zero attached hydrogens (tertiary/aromatic N) is 2. The molecule has 0 aliphatic carbocycles. The van der Waals surface area contributed by atoms with E-state index in [1.165, 1.54) is 0 Å². The van der Waals surface area contributed by atoms with E-state index in [2.05, 4.69) is 9.97 Å². The van der Waals surface area contributed by atoms with E-state index < -0.39 is 22.5 Å². The van der Waals surface area contributed by atoms with Crippen LogP contribution in [0.4, 0.5) is 4.39 Å². The molecule has 0 spiro atoms. The van der Waals surface area contributed by atoms with Crippen LogP contribution < -0.4 is 8.85 Å². The van der Waals surface area contributed by atoms with Gasteiger partial charge in [-0.3, -0.25) is 0 Å². The van der Waals surface area contributed by atoms with Gasteiger partial charge in [-0.25, -0.2) is 4.98 Å². The first-order valence-electron chi connectivity index (χ1n) is 5.47. The lowest BCUT2D eigenvalue weighted by Gasteiger charge is -2.20. The minimum Gasteiger partial charge on any atom is -0.529 e. The molecule has 0 amide bonds. The zero-order chi connectivity index (χ0) is 13.3. The van der Waals surface area contributed by atoms with Crippen molar-refractivity contribution in [2.24, 2.45) is 0 Å². The van der Waals surface area contributed by atoms with Crippen LogP contribution in [0, 0.1) is 5.82 Å². The Balaban J connectivity index is 2.95. The maximum Gasteiger partial charge on any atom is 0.305 e. The second-order valence-corrected chi connectivity index (χ2v) is 14.6. The van der Waals surface area contributed by atoms with Crippen LogP contribution in [0.15, 0.2) is 6.20 Å². The van der Waals surface area contributed by atoms with Gasteiger partial charge in [0, 0.05) is 0 Å². The van der Waals surface area contributed by atoms with Crippen molar-refractivity contribution in [3.63, 3.8) is 0 Å². The monoisotopic (exact) mass is 274 g/mol. The zero-order valence-electron chi connectivity index (χ0n) is 11.2. The third kappa shape index (κ3) is 5.27. The summed E-state index contributed by atoms with van der Waals surface area (Å²) >= 11 is 0. The molecule has 0 bridgehead atoms. The van der Waals surface area contributed by atoms with Gasteiger partial charge in [-0.15, -0.1) is 0 Å². The van der Waals surface area contributed by atoms with E-state index in [1.807, 2.05) is 39.3 Å². The van der Waals surface area contributed by atoms with Crippen molar-refractivity contribution in [2.45, 2.75) is 39.3 Å². The van der Waals surface area contributed by atoms with E-state index in [0.717, 1.165) is 6.20 Å². The first-order chi connectivity index (χ1) is 7.57. The average Bonchev–Trinajstić information content (AvgIpc) is 2.05. The quantitative estimate of drug-likeness (QED) is 0.792. The van der Waals surface area contributed by atoms with Gasteiger partial charge in [-0.1, -0.05) is 0 Å². The summed E-state index contributed by atoms with van der Waals surface area (Å²) in [6.45, 7) is 11.9. The summed E-state index contributed by atoms with van der Waals surface area (Å²) in [5.74, 6) is -0.553. The van der Waals surface area contributed by atoms with Crippen molar-refractivity contribution in [3.8, 4) is 11.9 Å². The lowest BCUT2D eigenvalue weighted by atomic mass is 10.6. The summed E-state index contributed by atoms with van der Waals surface area (Å²) in [7, 11) is -3.67. The molecule has 0 atom stereocenters. The Bertz CT molecular complexity index is 402. The van der Waals surface area contributed by atoms with Crippen molar-refractivity contribution in [3.05, 3.63) is 12.0 Å². The van der Waals surface area contributed by atoms with Gasteiger partial charge in [0.1, 0.15) is 0 Å². The molecule has 0 aliphatic heterocycles. The molecule has 0 unspecified atom stereocenters. The Hall–Kier alpha value is -0.956. The molecule has 1 rings (SSSR count). The molecule has 1 heterocycles. The summed E-state index contributed by atoms with van der Waals surface area (Å²) in [5, 5.41) is 0. The normalized spacial score (nSPS) is 12.4. The molecular weight excluding hydrogens is 255 g/mol. The largest absolute Gasteiger partial charge is 0.529 e. The molecule has 7 heteroatoms. The summed E-state index contributed by atoms with van der Waals surface area (Å²) in [6, 6.07) is 0.193. The van der Waals surface area contributed by atoms with Crippen LogP contribution in [0.25, 0.3) is 0 Å². The fourth-order valence-electron chi connectivity index (χ4n) is 1.02. The predicted octanol–water partition coefficient (Wildman–Crippen LogP) is 3.04. The van der Waals surface area contributed by atoms with E-state index >= 15 is 0 Å². The first-order valence-corrected chi connectivity index (χ1v) is 12.3. The molecule has 4 nitrogen and oxygen atoms in total. The van der Waals surface area contributed by atoms with E-state index in [-0.39, 0.29) is 11.9 Å². The van der Waals surface area contributed by atoms with E-state index in [1.54, 1.807) is 0 Å². The highest BCUT2D eigenvalue weighted by Gasteiger charge is 2.23.